The molecule has 0 nitrogen and oxygen atoms in total. The standard InChI is InChI=1S/C22H15Br/c23-18-14-12-17(13-15-18)20-9-5-10-21-19(8-4-11-22(20)21)16-6-2-1-3-7-16/h1-15H. The average molecular weight is 359 g/mol. The monoisotopic (exact) mass is 358 g/mol. The van der Waals surface area contributed by atoms with Crippen LogP contribution in [0.4, 0.5) is 0 Å². The van der Waals surface area contributed by atoms with Gasteiger partial charge >= 0.3 is 0 Å². The van der Waals surface area contributed by atoms with Gasteiger partial charge in [0.25, 0.3) is 0 Å². The van der Waals surface area contributed by atoms with Crippen molar-refractivity contribution in [1.29, 1.82) is 0 Å². The first-order valence-corrected chi connectivity index (χ1v) is 8.45. The molecule has 1 heteroatoms. The molecule has 0 aliphatic rings. The van der Waals surface area contributed by atoms with E-state index in [0.29, 0.717) is 0 Å². The first-order chi connectivity index (χ1) is 11.3. The molecule has 4 aromatic carbocycles. The molecule has 23 heavy (non-hydrogen) atoms. The van der Waals surface area contributed by atoms with E-state index >= 15 is 0 Å². The lowest BCUT2D eigenvalue weighted by atomic mass is 9.93. The Morgan fingerprint density at radius 3 is 1.52 bits per heavy atom. The SMILES string of the molecule is Brc1ccc(-c2cccc3c(-c4ccccc4)cccc23)cc1. The van der Waals surface area contributed by atoms with Gasteiger partial charge in [-0.2, -0.15) is 0 Å². The molecule has 0 aliphatic heterocycles. The molecule has 0 spiro atoms. The highest BCUT2D eigenvalue weighted by Crippen LogP contribution is 2.34. The second kappa shape index (κ2) is 6.02. The minimum atomic E-state index is 1.10. The summed E-state index contributed by atoms with van der Waals surface area (Å²) in [6.07, 6.45) is 0. The van der Waals surface area contributed by atoms with E-state index < -0.39 is 0 Å². The zero-order valence-electron chi connectivity index (χ0n) is 12.5. The Morgan fingerprint density at radius 2 is 0.957 bits per heavy atom. The van der Waals surface area contributed by atoms with Crippen molar-refractivity contribution in [2.45, 2.75) is 0 Å². The van der Waals surface area contributed by atoms with Gasteiger partial charge < -0.3 is 0 Å². The molecule has 0 aromatic heterocycles. The van der Waals surface area contributed by atoms with Crippen LogP contribution in [-0.4, -0.2) is 0 Å². The van der Waals surface area contributed by atoms with Gasteiger partial charge in [-0.1, -0.05) is 94.8 Å². The van der Waals surface area contributed by atoms with Crippen LogP contribution in [0, 0.1) is 0 Å². The van der Waals surface area contributed by atoms with Gasteiger partial charge in [0.2, 0.25) is 0 Å². The number of hydrogen-bond donors (Lipinski definition) is 0. The predicted molar refractivity (Wildman–Crippen MR) is 103 cm³/mol. The summed E-state index contributed by atoms with van der Waals surface area (Å²) in [6.45, 7) is 0. The van der Waals surface area contributed by atoms with Crippen LogP contribution < -0.4 is 0 Å². The third-order valence-corrected chi connectivity index (χ3v) is 4.69. The van der Waals surface area contributed by atoms with Crippen LogP contribution in [0.15, 0.2) is 95.5 Å². The van der Waals surface area contributed by atoms with Crippen molar-refractivity contribution in [2.24, 2.45) is 0 Å². The third kappa shape index (κ3) is 2.69. The van der Waals surface area contributed by atoms with Crippen LogP contribution in [0.25, 0.3) is 33.0 Å². The Bertz CT molecular complexity index is 954. The summed E-state index contributed by atoms with van der Waals surface area (Å²) in [5.74, 6) is 0. The number of hydrogen-bond acceptors (Lipinski definition) is 0. The molecular weight excluding hydrogens is 344 g/mol. The van der Waals surface area contributed by atoms with Crippen molar-refractivity contribution in [3.63, 3.8) is 0 Å². The summed E-state index contributed by atoms with van der Waals surface area (Å²) in [5.41, 5.74) is 5.05. The maximum absolute atomic E-state index is 3.51. The topological polar surface area (TPSA) is 0 Å². The van der Waals surface area contributed by atoms with Crippen LogP contribution in [0.2, 0.25) is 0 Å². The number of benzene rings is 4. The fraction of sp³-hybridized carbons (Fsp3) is 0. The second-order valence-corrected chi connectivity index (χ2v) is 6.49. The molecule has 4 rings (SSSR count). The van der Waals surface area contributed by atoms with Gasteiger partial charge in [-0.25, -0.2) is 0 Å². The number of rotatable bonds is 2. The lowest BCUT2D eigenvalue weighted by Gasteiger charge is -2.11. The van der Waals surface area contributed by atoms with Crippen molar-refractivity contribution in [2.75, 3.05) is 0 Å². The third-order valence-electron chi connectivity index (χ3n) is 4.16. The maximum Gasteiger partial charge on any atom is 0.0175 e. The van der Waals surface area contributed by atoms with Gasteiger partial charge in [-0.3, -0.25) is 0 Å². The van der Waals surface area contributed by atoms with Gasteiger partial charge in [-0.05, 0) is 45.2 Å². The molecule has 0 saturated carbocycles. The zero-order chi connectivity index (χ0) is 15.6. The summed E-state index contributed by atoms with van der Waals surface area (Å²) in [7, 11) is 0. The normalized spacial score (nSPS) is 10.8. The molecule has 0 heterocycles. The average Bonchev–Trinajstić information content (AvgIpc) is 2.62. The van der Waals surface area contributed by atoms with E-state index in [4.69, 9.17) is 0 Å². The van der Waals surface area contributed by atoms with Crippen LogP contribution in [0.3, 0.4) is 0 Å². The second-order valence-electron chi connectivity index (χ2n) is 5.58. The van der Waals surface area contributed by atoms with Crippen LogP contribution in [0.1, 0.15) is 0 Å². The summed E-state index contributed by atoms with van der Waals surface area (Å²) < 4.78 is 1.10. The highest BCUT2D eigenvalue weighted by molar-refractivity contribution is 9.10. The highest BCUT2D eigenvalue weighted by atomic mass is 79.9. The van der Waals surface area contributed by atoms with Crippen LogP contribution in [0.5, 0.6) is 0 Å². The van der Waals surface area contributed by atoms with Crippen LogP contribution in [-0.2, 0) is 0 Å². The van der Waals surface area contributed by atoms with Crippen molar-refractivity contribution >= 4 is 26.7 Å². The molecule has 0 unspecified atom stereocenters. The maximum atomic E-state index is 3.51. The summed E-state index contributed by atoms with van der Waals surface area (Å²) in [4.78, 5) is 0. The van der Waals surface area contributed by atoms with Gasteiger partial charge in [0.15, 0.2) is 0 Å². The van der Waals surface area contributed by atoms with Gasteiger partial charge in [0.1, 0.15) is 0 Å². The van der Waals surface area contributed by atoms with E-state index in [9.17, 15) is 0 Å². The molecule has 0 saturated heterocycles. The van der Waals surface area contributed by atoms with Crippen molar-refractivity contribution < 1.29 is 0 Å². The van der Waals surface area contributed by atoms with Crippen molar-refractivity contribution in [1.82, 2.24) is 0 Å². The van der Waals surface area contributed by atoms with Crippen molar-refractivity contribution in [3.05, 3.63) is 95.5 Å². The Balaban J connectivity index is 1.97. The Hall–Kier alpha value is -2.38. The first kappa shape index (κ1) is 14.2. The Labute approximate surface area is 144 Å². The number of halogens is 1. The molecule has 0 radical (unpaired) electrons. The smallest absolute Gasteiger partial charge is 0.0175 e. The van der Waals surface area contributed by atoms with E-state index in [-0.39, 0.29) is 0 Å². The minimum Gasteiger partial charge on any atom is -0.0622 e. The van der Waals surface area contributed by atoms with E-state index in [1.54, 1.807) is 0 Å². The molecule has 0 N–H and O–H groups in total. The van der Waals surface area contributed by atoms with Crippen LogP contribution >= 0.6 is 15.9 Å². The van der Waals surface area contributed by atoms with Gasteiger partial charge in [0.05, 0.1) is 0 Å². The molecule has 0 aliphatic carbocycles. The van der Waals surface area contributed by atoms with E-state index in [1.165, 1.54) is 33.0 Å². The Morgan fingerprint density at radius 1 is 0.435 bits per heavy atom. The molecule has 0 amide bonds. The zero-order valence-corrected chi connectivity index (χ0v) is 14.1. The lowest BCUT2D eigenvalue weighted by Crippen LogP contribution is -1.85. The van der Waals surface area contributed by atoms with Gasteiger partial charge in [-0.15, -0.1) is 0 Å². The fourth-order valence-corrected chi connectivity index (χ4v) is 3.32. The molecule has 4 aromatic rings. The quantitative estimate of drug-likeness (QED) is 0.364. The molecule has 110 valence electrons. The summed E-state index contributed by atoms with van der Waals surface area (Å²) in [5, 5.41) is 2.58. The van der Waals surface area contributed by atoms with Crippen molar-refractivity contribution in [3.8, 4) is 22.3 Å². The fourth-order valence-electron chi connectivity index (χ4n) is 3.06. The number of fused-ring (bicyclic) bond motifs is 1. The van der Waals surface area contributed by atoms with E-state index in [0.717, 1.165) is 4.47 Å². The molecule has 0 atom stereocenters. The minimum absolute atomic E-state index is 1.10. The summed E-state index contributed by atoms with van der Waals surface area (Å²) in [6, 6.07) is 32.2. The van der Waals surface area contributed by atoms with E-state index in [2.05, 4.69) is 107 Å². The lowest BCUT2D eigenvalue weighted by molar-refractivity contribution is 1.61. The highest BCUT2D eigenvalue weighted by Gasteiger charge is 2.08. The predicted octanol–water partition coefficient (Wildman–Crippen LogP) is 6.94. The van der Waals surface area contributed by atoms with E-state index in [1.807, 2.05) is 0 Å². The molecule has 0 fully saturated rings. The largest absolute Gasteiger partial charge is 0.0622 e. The van der Waals surface area contributed by atoms with Gasteiger partial charge in [0, 0.05) is 4.47 Å². The Kier molecular flexibility index (Phi) is 3.72. The first-order valence-electron chi connectivity index (χ1n) is 7.66. The summed E-state index contributed by atoms with van der Waals surface area (Å²) >= 11 is 3.51. The molecule has 0 bridgehead atoms. The molecular formula is C22H15Br.